The predicted molar refractivity (Wildman–Crippen MR) is 159 cm³/mol. The zero-order valence-electron chi connectivity index (χ0n) is 23.8. The molecular weight excluding hydrogens is 625 g/mol. The first-order valence-corrected chi connectivity index (χ1v) is 15.3. The van der Waals surface area contributed by atoms with Gasteiger partial charge in [0.2, 0.25) is 5.91 Å². The van der Waals surface area contributed by atoms with Gasteiger partial charge in [0.05, 0.1) is 21.2 Å². The molecule has 0 saturated carbocycles. The van der Waals surface area contributed by atoms with Crippen molar-refractivity contribution >= 4 is 29.1 Å². The molecule has 0 unspecified atom stereocenters. The standard InChI is InChI=1S/C33H32Cl2F6N2O/c34-28-7-6-25(19-29(28)35)31(12-15-42-13-9-24(10-14-42)23-4-2-1-3-5-23)11-8-30(44)43(21-31)20-22-16-26(32(36,37)38)18-27(17-22)33(39,40)41/h1-7,16-19,24H,8-15,20-21H2/t31-/m1/s1. The van der Waals surface area contributed by atoms with Crippen LogP contribution in [0.15, 0.2) is 66.7 Å². The average Bonchev–Trinajstić information content (AvgIpc) is 2.99. The van der Waals surface area contributed by atoms with Crippen LogP contribution in [-0.4, -0.2) is 41.9 Å². The van der Waals surface area contributed by atoms with E-state index in [0.29, 0.717) is 47.5 Å². The van der Waals surface area contributed by atoms with Crippen LogP contribution < -0.4 is 0 Å². The Hall–Kier alpha value is -2.75. The summed E-state index contributed by atoms with van der Waals surface area (Å²) in [5.74, 6) is 0.156. The number of rotatable bonds is 7. The van der Waals surface area contributed by atoms with Gasteiger partial charge in [-0.15, -0.1) is 0 Å². The molecule has 236 valence electrons. The Morgan fingerprint density at radius 2 is 1.45 bits per heavy atom. The van der Waals surface area contributed by atoms with Crippen molar-refractivity contribution in [1.29, 1.82) is 0 Å². The maximum atomic E-state index is 13.5. The smallest absolute Gasteiger partial charge is 0.337 e. The lowest BCUT2D eigenvalue weighted by Gasteiger charge is -2.45. The second-order valence-corrected chi connectivity index (χ2v) is 12.7. The second kappa shape index (κ2) is 12.9. The second-order valence-electron chi connectivity index (χ2n) is 11.8. The number of alkyl halides is 6. The number of nitrogens with zero attached hydrogens (tertiary/aromatic N) is 2. The van der Waals surface area contributed by atoms with Gasteiger partial charge in [-0.05, 0) is 98.3 Å². The van der Waals surface area contributed by atoms with Crippen molar-refractivity contribution in [3.05, 3.63) is 105 Å². The van der Waals surface area contributed by atoms with Gasteiger partial charge in [0.25, 0.3) is 0 Å². The number of carbonyl (C=O) groups is 1. The van der Waals surface area contributed by atoms with E-state index in [1.807, 2.05) is 24.3 Å². The van der Waals surface area contributed by atoms with Crippen molar-refractivity contribution in [2.24, 2.45) is 0 Å². The zero-order chi connectivity index (χ0) is 31.7. The minimum atomic E-state index is -4.97. The lowest BCUT2D eigenvalue weighted by atomic mass is 9.71. The number of hydrogen-bond acceptors (Lipinski definition) is 2. The van der Waals surface area contributed by atoms with Crippen molar-refractivity contribution in [2.75, 3.05) is 26.2 Å². The summed E-state index contributed by atoms with van der Waals surface area (Å²) in [5.41, 5.74) is -1.49. The molecule has 2 heterocycles. The van der Waals surface area contributed by atoms with Crippen LogP contribution in [0.1, 0.15) is 65.8 Å². The third kappa shape index (κ3) is 7.54. The summed E-state index contributed by atoms with van der Waals surface area (Å²) in [6, 6.07) is 17.1. The van der Waals surface area contributed by atoms with Crippen LogP contribution in [0, 0.1) is 0 Å². The molecular formula is C33H32Cl2F6N2O. The number of carbonyl (C=O) groups excluding carboxylic acids is 1. The fraction of sp³-hybridized carbons (Fsp3) is 0.424. The van der Waals surface area contributed by atoms with Gasteiger partial charge in [0.1, 0.15) is 0 Å². The Labute approximate surface area is 262 Å². The third-order valence-electron chi connectivity index (χ3n) is 8.98. The minimum Gasteiger partial charge on any atom is -0.337 e. The highest BCUT2D eigenvalue weighted by atomic mass is 35.5. The molecule has 0 aliphatic carbocycles. The molecule has 5 rings (SSSR count). The average molecular weight is 658 g/mol. The number of piperidine rings is 2. The van der Waals surface area contributed by atoms with Crippen molar-refractivity contribution in [3.8, 4) is 0 Å². The predicted octanol–water partition coefficient (Wildman–Crippen LogP) is 9.36. The van der Waals surface area contributed by atoms with Crippen LogP contribution in [0.25, 0.3) is 0 Å². The molecule has 1 atom stereocenters. The minimum absolute atomic E-state index is 0.0986. The SMILES string of the molecule is O=C1CC[C@](CCN2CCC(c3ccccc3)CC2)(c2ccc(Cl)c(Cl)c2)CN1Cc1cc(C(F)(F)F)cc(C(F)(F)F)c1. The molecule has 2 aliphatic rings. The molecule has 11 heteroatoms. The van der Waals surface area contributed by atoms with Gasteiger partial charge in [0.15, 0.2) is 0 Å². The van der Waals surface area contributed by atoms with E-state index in [-0.39, 0.29) is 37.0 Å². The van der Waals surface area contributed by atoms with E-state index < -0.39 is 28.9 Å². The normalized spacial score (nSPS) is 20.7. The first-order chi connectivity index (χ1) is 20.7. The summed E-state index contributed by atoms with van der Waals surface area (Å²) in [6.45, 7) is 2.25. The quantitative estimate of drug-likeness (QED) is 0.237. The summed E-state index contributed by atoms with van der Waals surface area (Å²) in [7, 11) is 0. The summed E-state index contributed by atoms with van der Waals surface area (Å²) in [6.07, 6.45) is -6.74. The molecule has 0 bridgehead atoms. The lowest BCUT2D eigenvalue weighted by Crippen LogP contribution is -2.50. The lowest BCUT2D eigenvalue weighted by molar-refractivity contribution is -0.143. The van der Waals surface area contributed by atoms with E-state index in [9.17, 15) is 31.1 Å². The van der Waals surface area contributed by atoms with E-state index in [1.165, 1.54) is 10.5 Å². The van der Waals surface area contributed by atoms with Gasteiger partial charge < -0.3 is 9.80 Å². The number of benzene rings is 3. The van der Waals surface area contributed by atoms with Crippen LogP contribution in [-0.2, 0) is 29.1 Å². The highest BCUT2D eigenvalue weighted by Crippen LogP contribution is 2.42. The maximum Gasteiger partial charge on any atom is 0.416 e. The molecule has 1 amide bonds. The highest BCUT2D eigenvalue weighted by molar-refractivity contribution is 6.42. The first kappa shape index (κ1) is 32.6. The maximum absolute atomic E-state index is 13.5. The number of likely N-dealkylation sites (tertiary alicyclic amines) is 2. The molecule has 2 fully saturated rings. The van der Waals surface area contributed by atoms with Gasteiger partial charge in [-0.2, -0.15) is 26.3 Å². The van der Waals surface area contributed by atoms with Crippen molar-refractivity contribution in [3.63, 3.8) is 0 Å². The van der Waals surface area contributed by atoms with Crippen LogP contribution in [0.5, 0.6) is 0 Å². The van der Waals surface area contributed by atoms with Gasteiger partial charge >= 0.3 is 12.4 Å². The van der Waals surface area contributed by atoms with Crippen molar-refractivity contribution < 1.29 is 31.1 Å². The third-order valence-corrected chi connectivity index (χ3v) is 9.72. The molecule has 3 aromatic carbocycles. The Bertz CT molecular complexity index is 1440. The van der Waals surface area contributed by atoms with E-state index >= 15 is 0 Å². The molecule has 2 saturated heterocycles. The molecule has 0 N–H and O–H groups in total. The fourth-order valence-corrected chi connectivity index (χ4v) is 6.81. The van der Waals surface area contributed by atoms with E-state index in [1.54, 1.807) is 12.1 Å². The van der Waals surface area contributed by atoms with E-state index in [2.05, 4.69) is 17.0 Å². The van der Waals surface area contributed by atoms with Crippen LogP contribution in [0.4, 0.5) is 26.3 Å². The summed E-state index contributed by atoms with van der Waals surface area (Å²) in [5, 5.41) is 0.698. The molecule has 0 spiro atoms. The number of halogens is 8. The van der Waals surface area contributed by atoms with Gasteiger partial charge in [-0.3, -0.25) is 4.79 Å². The number of hydrogen-bond donors (Lipinski definition) is 0. The molecule has 3 nitrogen and oxygen atoms in total. The largest absolute Gasteiger partial charge is 0.416 e. The summed E-state index contributed by atoms with van der Waals surface area (Å²) >= 11 is 12.6. The summed E-state index contributed by atoms with van der Waals surface area (Å²) < 4.78 is 81.2. The van der Waals surface area contributed by atoms with Gasteiger partial charge in [0, 0.05) is 24.9 Å². The molecule has 2 aliphatic heterocycles. The Morgan fingerprint density at radius 1 is 0.818 bits per heavy atom. The van der Waals surface area contributed by atoms with Crippen molar-refractivity contribution in [1.82, 2.24) is 9.80 Å². The Morgan fingerprint density at radius 3 is 2.05 bits per heavy atom. The zero-order valence-corrected chi connectivity index (χ0v) is 25.3. The number of amides is 1. The first-order valence-electron chi connectivity index (χ1n) is 14.5. The van der Waals surface area contributed by atoms with Gasteiger partial charge in [-0.1, -0.05) is 59.6 Å². The Balaban J connectivity index is 1.39. The van der Waals surface area contributed by atoms with E-state index in [0.717, 1.165) is 31.5 Å². The topological polar surface area (TPSA) is 23.6 Å². The fourth-order valence-electron chi connectivity index (χ4n) is 6.51. The monoisotopic (exact) mass is 656 g/mol. The highest BCUT2D eigenvalue weighted by Gasteiger charge is 2.42. The molecule has 3 aromatic rings. The summed E-state index contributed by atoms with van der Waals surface area (Å²) in [4.78, 5) is 16.9. The van der Waals surface area contributed by atoms with Crippen LogP contribution in [0.2, 0.25) is 10.0 Å². The van der Waals surface area contributed by atoms with Gasteiger partial charge in [-0.25, -0.2) is 0 Å². The van der Waals surface area contributed by atoms with Crippen LogP contribution >= 0.6 is 23.2 Å². The molecule has 44 heavy (non-hydrogen) atoms. The Kier molecular flexibility index (Phi) is 9.59. The van der Waals surface area contributed by atoms with Crippen LogP contribution in [0.3, 0.4) is 0 Å². The van der Waals surface area contributed by atoms with Crippen molar-refractivity contribution in [2.45, 2.75) is 62.3 Å². The van der Waals surface area contributed by atoms with E-state index in [4.69, 9.17) is 23.2 Å². The molecule has 0 aromatic heterocycles. The molecule has 0 radical (unpaired) electrons.